The van der Waals surface area contributed by atoms with Crippen molar-refractivity contribution >= 4 is 28.6 Å². The molecule has 0 spiro atoms. The predicted molar refractivity (Wildman–Crippen MR) is 107 cm³/mol. The number of H-pyrrole nitrogens is 1. The van der Waals surface area contributed by atoms with Crippen LogP contribution in [0, 0.1) is 13.8 Å². The van der Waals surface area contributed by atoms with Gasteiger partial charge in [0.25, 0.3) is 0 Å². The highest BCUT2D eigenvalue weighted by Crippen LogP contribution is 2.24. The molecule has 4 rings (SSSR count). The number of nitrogens with one attached hydrogen (secondary N) is 1. The second-order valence-electron chi connectivity index (χ2n) is 6.54. The van der Waals surface area contributed by atoms with Gasteiger partial charge in [0.2, 0.25) is 0 Å². The van der Waals surface area contributed by atoms with Crippen LogP contribution >= 0.6 is 11.6 Å². The van der Waals surface area contributed by atoms with Gasteiger partial charge in [-0.2, -0.15) is 0 Å². The Labute approximate surface area is 161 Å². The number of hydrogen-bond acceptors (Lipinski definition) is 3. The lowest BCUT2D eigenvalue weighted by Crippen LogP contribution is -2.08. The van der Waals surface area contributed by atoms with Crippen molar-refractivity contribution in [2.45, 2.75) is 13.8 Å². The number of aromatic nitrogens is 2. The molecule has 4 nitrogen and oxygen atoms in total. The minimum absolute atomic E-state index is 0.386. The van der Waals surface area contributed by atoms with Crippen LogP contribution in [0.25, 0.3) is 22.4 Å². The fourth-order valence-corrected chi connectivity index (χ4v) is 3.21. The molecular formula is C22H17ClN2O2. The maximum Gasteiger partial charge on any atom is 0.343 e. The molecule has 1 N–H and O–H groups in total. The SMILES string of the molecule is Cc1cc(C)cc(OC(=O)c2ccc(-c3nc4ccc(Cl)cc4[nH]3)cc2)c1. The zero-order chi connectivity index (χ0) is 19.0. The molecule has 0 unspecified atom stereocenters. The van der Waals surface area contributed by atoms with Crippen LogP contribution in [0.1, 0.15) is 21.5 Å². The summed E-state index contributed by atoms with van der Waals surface area (Å²) in [5.74, 6) is 0.889. The van der Waals surface area contributed by atoms with Crippen molar-refractivity contribution in [1.29, 1.82) is 0 Å². The van der Waals surface area contributed by atoms with Crippen molar-refractivity contribution in [3.05, 3.63) is 82.4 Å². The Morgan fingerprint density at radius 2 is 1.67 bits per heavy atom. The third kappa shape index (κ3) is 3.71. The summed E-state index contributed by atoms with van der Waals surface area (Å²) in [6.07, 6.45) is 0. The molecule has 1 heterocycles. The summed E-state index contributed by atoms with van der Waals surface area (Å²) in [6, 6.07) is 18.4. The van der Waals surface area contributed by atoms with E-state index in [2.05, 4.69) is 9.97 Å². The molecule has 134 valence electrons. The molecule has 1 aromatic heterocycles. The molecule has 3 aromatic carbocycles. The van der Waals surface area contributed by atoms with Gasteiger partial charge in [-0.05, 0) is 67.4 Å². The number of benzene rings is 3. The zero-order valence-electron chi connectivity index (χ0n) is 14.9. The molecule has 4 aromatic rings. The number of esters is 1. The molecule has 0 atom stereocenters. The summed E-state index contributed by atoms with van der Waals surface area (Å²) in [5, 5.41) is 0.655. The summed E-state index contributed by atoms with van der Waals surface area (Å²) in [7, 11) is 0. The third-order valence-electron chi connectivity index (χ3n) is 4.24. The molecule has 0 amide bonds. The molecular weight excluding hydrogens is 360 g/mol. The van der Waals surface area contributed by atoms with E-state index in [9.17, 15) is 4.79 Å². The standard InChI is InChI=1S/C22H17ClN2O2/c1-13-9-14(2)11-18(10-13)27-22(26)16-5-3-15(4-6-16)21-24-19-8-7-17(23)12-20(19)25-21/h3-12H,1-2H3,(H,24,25). The smallest absolute Gasteiger partial charge is 0.343 e. The van der Waals surface area contributed by atoms with E-state index in [0.29, 0.717) is 16.3 Å². The Kier molecular flexibility index (Phi) is 4.42. The summed E-state index contributed by atoms with van der Waals surface area (Å²) < 4.78 is 5.49. The Hall–Kier alpha value is -3.11. The van der Waals surface area contributed by atoms with Crippen LogP contribution in [0.2, 0.25) is 5.02 Å². The second kappa shape index (κ2) is 6.89. The lowest BCUT2D eigenvalue weighted by molar-refractivity contribution is 0.0734. The number of hydrogen-bond donors (Lipinski definition) is 1. The van der Waals surface area contributed by atoms with E-state index in [-0.39, 0.29) is 5.97 Å². The number of fused-ring (bicyclic) bond motifs is 1. The molecule has 27 heavy (non-hydrogen) atoms. The number of carbonyl (C=O) groups excluding carboxylic acids is 1. The number of aryl methyl sites for hydroxylation is 2. The predicted octanol–water partition coefficient (Wildman–Crippen LogP) is 5.72. The van der Waals surface area contributed by atoms with Gasteiger partial charge >= 0.3 is 5.97 Å². The average Bonchev–Trinajstić information content (AvgIpc) is 3.04. The van der Waals surface area contributed by atoms with Gasteiger partial charge < -0.3 is 9.72 Å². The normalized spacial score (nSPS) is 10.9. The lowest BCUT2D eigenvalue weighted by atomic mass is 10.1. The number of aromatic amines is 1. The lowest BCUT2D eigenvalue weighted by Gasteiger charge is -2.07. The van der Waals surface area contributed by atoms with E-state index in [1.54, 1.807) is 18.2 Å². The first-order chi connectivity index (χ1) is 13.0. The summed E-state index contributed by atoms with van der Waals surface area (Å²) in [4.78, 5) is 20.2. The first-order valence-electron chi connectivity index (χ1n) is 8.54. The van der Waals surface area contributed by atoms with E-state index in [0.717, 1.165) is 33.5 Å². The Morgan fingerprint density at radius 3 is 2.37 bits per heavy atom. The Balaban J connectivity index is 1.56. The highest BCUT2D eigenvalue weighted by atomic mass is 35.5. The summed E-state index contributed by atoms with van der Waals surface area (Å²) >= 11 is 6.02. The van der Waals surface area contributed by atoms with Crippen LogP contribution in [-0.2, 0) is 0 Å². The summed E-state index contributed by atoms with van der Waals surface area (Å²) in [5.41, 5.74) is 5.18. The van der Waals surface area contributed by atoms with Gasteiger partial charge in [0.15, 0.2) is 0 Å². The minimum Gasteiger partial charge on any atom is -0.423 e. The van der Waals surface area contributed by atoms with Crippen LogP contribution in [0.15, 0.2) is 60.7 Å². The molecule has 0 aliphatic heterocycles. The first kappa shape index (κ1) is 17.3. The van der Waals surface area contributed by atoms with Crippen LogP contribution in [-0.4, -0.2) is 15.9 Å². The van der Waals surface area contributed by atoms with E-state index in [4.69, 9.17) is 16.3 Å². The van der Waals surface area contributed by atoms with Crippen molar-refractivity contribution in [2.75, 3.05) is 0 Å². The molecule has 5 heteroatoms. The maximum absolute atomic E-state index is 12.4. The number of nitrogens with zero attached hydrogens (tertiary/aromatic N) is 1. The van der Waals surface area contributed by atoms with E-state index in [1.165, 1.54) is 0 Å². The molecule has 0 saturated carbocycles. The quantitative estimate of drug-likeness (QED) is 0.367. The molecule has 0 saturated heterocycles. The van der Waals surface area contributed by atoms with Crippen LogP contribution in [0.4, 0.5) is 0 Å². The average molecular weight is 377 g/mol. The molecule has 0 aliphatic carbocycles. The topological polar surface area (TPSA) is 55.0 Å². The van der Waals surface area contributed by atoms with Crippen LogP contribution in [0.5, 0.6) is 5.75 Å². The highest BCUT2D eigenvalue weighted by Gasteiger charge is 2.11. The number of ether oxygens (including phenoxy) is 1. The van der Waals surface area contributed by atoms with E-state index < -0.39 is 0 Å². The Bertz CT molecular complexity index is 1130. The van der Waals surface area contributed by atoms with Gasteiger partial charge in [-0.25, -0.2) is 9.78 Å². The Morgan fingerprint density at radius 1 is 0.963 bits per heavy atom. The first-order valence-corrected chi connectivity index (χ1v) is 8.92. The third-order valence-corrected chi connectivity index (χ3v) is 4.48. The van der Waals surface area contributed by atoms with Crippen molar-refractivity contribution < 1.29 is 9.53 Å². The van der Waals surface area contributed by atoms with Gasteiger partial charge in [0.1, 0.15) is 11.6 Å². The molecule has 0 bridgehead atoms. The van der Waals surface area contributed by atoms with E-state index >= 15 is 0 Å². The zero-order valence-corrected chi connectivity index (χ0v) is 15.7. The maximum atomic E-state index is 12.4. The summed E-state index contributed by atoms with van der Waals surface area (Å²) in [6.45, 7) is 3.94. The molecule has 0 aliphatic rings. The minimum atomic E-state index is -0.386. The number of carbonyl (C=O) groups is 1. The van der Waals surface area contributed by atoms with Crippen molar-refractivity contribution in [2.24, 2.45) is 0 Å². The van der Waals surface area contributed by atoms with Gasteiger partial charge in [0, 0.05) is 10.6 Å². The van der Waals surface area contributed by atoms with Crippen molar-refractivity contribution in [3.8, 4) is 17.1 Å². The van der Waals surface area contributed by atoms with Crippen LogP contribution < -0.4 is 4.74 Å². The monoisotopic (exact) mass is 376 g/mol. The number of imidazole rings is 1. The van der Waals surface area contributed by atoms with Gasteiger partial charge in [-0.3, -0.25) is 0 Å². The van der Waals surface area contributed by atoms with Gasteiger partial charge in [-0.15, -0.1) is 0 Å². The van der Waals surface area contributed by atoms with Gasteiger partial charge in [-0.1, -0.05) is 29.8 Å². The largest absolute Gasteiger partial charge is 0.423 e. The van der Waals surface area contributed by atoms with Crippen LogP contribution in [0.3, 0.4) is 0 Å². The molecule has 0 radical (unpaired) electrons. The second-order valence-corrected chi connectivity index (χ2v) is 6.97. The number of halogens is 1. The fraction of sp³-hybridized carbons (Fsp3) is 0.0909. The van der Waals surface area contributed by atoms with Crippen molar-refractivity contribution in [1.82, 2.24) is 9.97 Å². The number of rotatable bonds is 3. The fourth-order valence-electron chi connectivity index (χ4n) is 3.04. The van der Waals surface area contributed by atoms with E-state index in [1.807, 2.05) is 56.3 Å². The van der Waals surface area contributed by atoms with Crippen molar-refractivity contribution in [3.63, 3.8) is 0 Å². The van der Waals surface area contributed by atoms with Gasteiger partial charge in [0.05, 0.1) is 16.6 Å². The molecule has 0 fully saturated rings. The highest BCUT2D eigenvalue weighted by molar-refractivity contribution is 6.31.